The quantitative estimate of drug-likeness (QED) is 0.551. The van der Waals surface area contributed by atoms with Gasteiger partial charge < -0.3 is 14.9 Å². The minimum atomic E-state index is -0.0593. The number of aromatic nitrogens is 4. The van der Waals surface area contributed by atoms with Gasteiger partial charge in [0.25, 0.3) is 0 Å². The molecule has 0 bridgehead atoms. The molecule has 0 fully saturated rings. The number of imidazole rings is 2. The smallest absolute Gasteiger partial charge is 0.240 e. The van der Waals surface area contributed by atoms with Crippen molar-refractivity contribution in [2.24, 2.45) is 0 Å². The molecule has 0 atom stereocenters. The van der Waals surface area contributed by atoms with Gasteiger partial charge in [-0.2, -0.15) is 11.8 Å². The Kier molecular flexibility index (Phi) is 4.62. The number of carbonyl (C=O) groups excluding carboxylic acids is 1. The summed E-state index contributed by atoms with van der Waals surface area (Å²) in [7, 11) is 0. The summed E-state index contributed by atoms with van der Waals surface area (Å²) in [5, 5.41) is 2.94. The molecule has 132 valence electrons. The van der Waals surface area contributed by atoms with E-state index in [9.17, 15) is 4.79 Å². The van der Waals surface area contributed by atoms with Gasteiger partial charge in [-0.1, -0.05) is 24.3 Å². The first kappa shape index (κ1) is 16.7. The number of hydrogen-bond acceptors (Lipinski definition) is 4. The topological polar surface area (TPSA) is 75.6 Å². The molecule has 4 aromatic rings. The predicted molar refractivity (Wildman–Crippen MR) is 105 cm³/mol. The van der Waals surface area contributed by atoms with E-state index < -0.39 is 0 Å². The Hall–Kier alpha value is -2.80. The maximum absolute atomic E-state index is 12.5. The molecule has 0 saturated heterocycles. The molecule has 0 saturated carbocycles. The lowest BCUT2D eigenvalue weighted by Gasteiger charge is -2.09. The Morgan fingerprint density at radius 3 is 2.69 bits per heavy atom. The van der Waals surface area contributed by atoms with Crippen LogP contribution in [0, 0.1) is 0 Å². The van der Waals surface area contributed by atoms with E-state index in [1.807, 2.05) is 59.4 Å². The molecule has 26 heavy (non-hydrogen) atoms. The van der Waals surface area contributed by atoms with Gasteiger partial charge in [0, 0.05) is 0 Å². The van der Waals surface area contributed by atoms with Gasteiger partial charge in [0.15, 0.2) is 0 Å². The summed E-state index contributed by atoms with van der Waals surface area (Å²) in [5.41, 5.74) is 3.77. The summed E-state index contributed by atoms with van der Waals surface area (Å²) in [6, 6.07) is 15.7. The van der Waals surface area contributed by atoms with Crippen molar-refractivity contribution >= 4 is 39.7 Å². The van der Waals surface area contributed by atoms with Crippen molar-refractivity contribution in [2.45, 2.75) is 18.8 Å². The van der Waals surface area contributed by atoms with Gasteiger partial charge in [-0.15, -0.1) is 0 Å². The minimum Gasteiger partial charge on any atom is -0.347 e. The molecule has 0 radical (unpaired) electrons. The highest BCUT2D eigenvalue weighted by Crippen LogP contribution is 2.19. The first-order valence-electron chi connectivity index (χ1n) is 8.38. The number of nitrogens with one attached hydrogen (secondary N) is 2. The van der Waals surface area contributed by atoms with E-state index in [1.165, 1.54) is 0 Å². The van der Waals surface area contributed by atoms with Gasteiger partial charge in [0.05, 0.1) is 34.4 Å². The average molecular weight is 365 g/mol. The second-order valence-corrected chi connectivity index (χ2v) is 6.88. The largest absolute Gasteiger partial charge is 0.347 e. The molecule has 0 aliphatic carbocycles. The molecule has 0 unspecified atom stereocenters. The molecule has 0 aliphatic heterocycles. The Morgan fingerprint density at radius 2 is 1.88 bits per heavy atom. The molecule has 1 amide bonds. The number of para-hydroxylation sites is 4. The van der Waals surface area contributed by atoms with E-state index in [0.717, 1.165) is 39.5 Å². The van der Waals surface area contributed by atoms with Gasteiger partial charge >= 0.3 is 0 Å². The van der Waals surface area contributed by atoms with Crippen LogP contribution in [0.2, 0.25) is 0 Å². The van der Waals surface area contributed by atoms with Crippen LogP contribution >= 0.6 is 11.8 Å². The number of carbonyl (C=O) groups is 1. The van der Waals surface area contributed by atoms with Crippen LogP contribution in [0.4, 0.5) is 0 Å². The molecule has 2 N–H and O–H groups in total. The van der Waals surface area contributed by atoms with Crippen LogP contribution in [-0.4, -0.2) is 31.7 Å². The molecule has 0 aliphatic rings. The van der Waals surface area contributed by atoms with Crippen molar-refractivity contribution in [2.75, 3.05) is 6.26 Å². The number of thioether (sulfide) groups is 1. The normalized spacial score (nSPS) is 11.3. The summed E-state index contributed by atoms with van der Waals surface area (Å²) in [4.78, 5) is 24.8. The minimum absolute atomic E-state index is 0.0593. The summed E-state index contributed by atoms with van der Waals surface area (Å²) < 4.78 is 1.99. The Morgan fingerprint density at radius 1 is 1.12 bits per heavy atom. The van der Waals surface area contributed by atoms with Crippen molar-refractivity contribution in [1.29, 1.82) is 0 Å². The molecule has 2 heterocycles. The average Bonchev–Trinajstić information content (AvgIpc) is 3.22. The first-order chi connectivity index (χ1) is 12.7. The summed E-state index contributed by atoms with van der Waals surface area (Å²) in [6.07, 6.45) is 2.03. The zero-order valence-corrected chi connectivity index (χ0v) is 15.2. The van der Waals surface area contributed by atoms with Gasteiger partial charge in [-0.05, 0) is 30.5 Å². The lowest BCUT2D eigenvalue weighted by Crippen LogP contribution is -2.28. The number of nitrogens with zero attached hydrogens (tertiary/aromatic N) is 3. The Bertz CT molecular complexity index is 1040. The molecule has 7 heteroatoms. The molecule has 2 aromatic carbocycles. The Balaban J connectivity index is 1.49. The number of aromatic amines is 1. The third-order valence-corrected chi connectivity index (χ3v) is 4.75. The monoisotopic (exact) mass is 365 g/mol. The van der Waals surface area contributed by atoms with E-state index in [2.05, 4.69) is 20.3 Å². The number of rotatable bonds is 6. The van der Waals surface area contributed by atoms with E-state index in [1.54, 1.807) is 11.8 Å². The van der Waals surface area contributed by atoms with Crippen LogP contribution in [0.15, 0.2) is 48.5 Å². The zero-order chi connectivity index (χ0) is 17.9. The van der Waals surface area contributed by atoms with Crippen LogP contribution in [0.1, 0.15) is 11.6 Å². The number of hydrogen-bond donors (Lipinski definition) is 2. The molecular formula is C19H19N5OS. The molecule has 0 spiro atoms. The highest BCUT2D eigenvalue weighted by molar-refractivity contribution is 7.97. The SMILES string of the molecule is CSCc1nc2ccccc2n1CC(=O)NCc1nc2ccccc2[nH]1. The molecule has 2 aromatic heterocycles. The van der Waals surface area contributed by atoms with Crippen molar-refractivity contribution in [1.82, 2.24) is 24.8 Å². The highest BCUT2D eigenvalue weighted by atomic mass is 32.2. The molecular weight excluding hydrogens is 346 g/mol. The number of H-pyrrole nitrogens is 1. The number of fused-ring (bicyclic) bond motifs is 2. The standard InChI is InChI=1S/C19H19N5OS/c1-26-12-18-23-15-8-4-5-9-16(15)24(18)11-19(25)20-10-17-21-13-6-2-3-7-14(13)22-17/h2-9H,10-12H2,1H3,(H,20,25)(H,21,22). The highest BCUT2D eigenvalue weighted by Gasteiger charge is 2.13. The van der Waals surface area contributed by atoms with Crippen LogP contribution in [0.3, 0.4) is 0 Å². The van der Waals surface area contributed by atoms with Gasteiger partial charge in [-0.25, -0.2) is 9.97 Å². The Labute approximate surface area is 155 Å². The van der Waals surface area contributed by atoms with Crippen molar-refractivity contribution in [3.8, 4) is 0 Å². The molecule has 4 rings (SSSR count). The van der Waals surface area contributed by atoms with Gasteiger partial charge in [0.1, 0.15) is 18.2 Å². The van der Waals surface area contributed by atoms with Crippen molar-refractivity contribution < 1.29 is 4.79 Å². The fraction of sp³-hybridized carbons (Fsp3) is 0.211. The van der Waals surface area contributed by atoms with Crippen LogP contribution in [0.5, 0.6) is 0 Å². The number of benzene rings is 2. The molecule has 6 nitrogen and oxygen atoms in total. The number of amides is 1. The van der Waals surface area contributed by atoms with E-state index in [-0.39, 0.29) is 12.5 Å². The lowest BCUT2D eigenvalue weighted by molar-refractivity contribution is -0.121. The van der Waals surface area contributed by atoms with Crippen LogP contribution in [0.25, 0.3) is 22.1 Å². The summed E-state index contributed by atoms with van der Waals surface area (Å²) >= 11 is 1.69. The summed E-state index contributed by atoms with van der Waals surface area (Å²) in [5.74, 6) is 2.37. The van der Waals surface area contributed by atoms with Gasteiger partial charge in [-0.3, -0.25) is 4.79 Å². The zero-order valence-electron chi connectivity index (χ0n) is 14.4. The summed E-state index contributed by atoms with van der Waals surface area (Å²) in [6.45, 7) is 0.620. The maximum Gasteiger partial charge on any atom is 0.240 e. The van der Waals surface area contributed by atoms with Crippen molar-refractivity contribution in [3.05, 3.63) is 60.2 Å². The van der Waals surface area contributed by atoms with E-state index in [4.69, 9.17) is 0 Å². The third kappa shape index (κ3) is 3.30. The lowest BCUT2D eigenvalue weighted by atomic mass is 10.3. The first-order valence-corrected chi connectivity index (χ1v) is 9.77. The van der Waals surface area contributed by atoms with E-state index >= 15 is 0 Å². The second-order valence-electron chi connectivity index (χ2n) is 6.01. The second kappa shape index (κ2) is 7.21. The third-order valence-electron chi connectivity index (χ3n) is 4.20. The van der Waals surface area contributed by atoms with E-state index in [0.29, 0.717) is 6.54 Å². The predicted octanol–water partition coefficient (Wildman–Crippen LogP) is 3.09. The van der Waals surface area contributed by atoms with Crippen molar-refractivity contribution in [3.63, 3.8) is 0 Å². The van der Waals surface area contributed by atoms with Gasteiger partial charge in [0.2, 0.25) is 5.91 Å². The van der Waals surface area contributed by atoms with Crippen LogP contribution < -0.4 is 5.32 Å². The maximum atomic E-state index is 12.5. The fourth-order valence-electron chi connectivity index (χ4n) is 3.01. The fourth-order valence-corrected chi connectivity index (χ4v) is 3.49. The van der Waals surface area contributed by atoms with Crippen LogP contribution in [-0.2, 0) is 23.6 Å².